The first-order chi connectivity index (χ1) is 10.3. The van der Waals surface area contributed by atoms with Crippen molar-refractivity contribution in [3.05, 3.63) is 30.3 Å². The zero-order valence-electron chi connectivity index (χ0n) is 12.2. The molecule has 5 nitrogen and oxygen atoms in total. The Balaban J connectivity index is 1.45. The maximum atomic E-state index is 11.4. The Kier molecular flexibility index (Phi) is 4.60. The highest BCUT2D eigenvalue weighted by Gasteiger charge is 2.27. The number of hydrogen-bond donors (Lipinski definition) is 0. The van der Waals surface area contributed by atoms with Gasteiger partial charge in [-0.15, -0.1) is 0 Å². The Morgan fingerprint density at radius 1 is 1.19 bits per heavy atom. The fraction of sp³-hybridized carbons (Fsp3) is 0.562. The number of carbonyl (C=O) groups is 1. The minimum absolute atomic E-state index is 0.175. The largest absolute Gasteiger partial charge is 0.492 e. The summed E-state index contributed by atoms with van der Waals surface area (Å²) in [6.07, 6.45) is 2.19. The molecule has 0 unspecified atom stereocenters. The summed E-state index contributed by atoms with van der Waals surface area (Å²) in [6, 6.07) is 10.4. The van der Waals surface area contributed by atoms with Crippen molar-refractivity contribution in [3.8, 4) is 5.75 Å². The van der Waals surface area contributed by atoms with E-state index in [1.54, 1.807) is 4.90 Å². The minimum atomic E-state index is -0.175. The molecule has 0 radical (unpaired) electrons. The topological polar surface area (TPSA) is 42.0 Å². The van der Waals surface area contributed by atoms with Crippen LogP contribution in [-0.2, 0) is 4.74 Å². The van der Waals surface area contributed by atoms with Gasteiger partial charge in [-0.2, -0.15) is 0 Å². The van der Waals surface area contributed by atoms with Gasteiger partial charge in [0.2, 0.25) is 0 Å². The molecular formula is C16H22N2O3. The van der Waals surface area contributed by atoms with Gasteiger partial charge in [-0.05, 0) is 31.5 Å². The average Bonchev–Trinajstić information content (AvgIpc) is 3.13. The second kappa shape index (κ2) is 6.80. The highest BCUT2D eigenvalue weighted by molar-refractivity contribution is 5.69. The molecule has 0 saturated carbocycles. The number of carbonyl (C=O) groups excluding carboxylic acids is 1. The van der Waals surface area contributed by atoms with E-state index in [0.717, 1.165) is 38.3 Å². The fourth-order valence-corrected chi connectivity index (χ4v) is 2.97. The van der Waals surface area contributed by atoms with E-state index in [0.29, 0.717) is 19.3 Å². The predicted molar refractivity (Wildman–Crippen MR) is 79.5 cm³/mol. The van der Waals surface area contributed by atoms with Crippen LogP contribution in [0.2, 0.25) is 0 Å². The Bertz CT molecular complexity index is 466. The first kappa shape index (κ1) is 14.2. The molecule has 0 aromatic heterocycles. The minimum Gasteiger partial charge on any atom is -0.492 e. The van der Waals surface area contributed by atoms with Gasteiger partial charge in [-0.1, -0.05) is 18.2 Å². The van der Waals surface area contributed by atoms with Crippen LogP contribution in [0.25, 0.3) is 0 Å². The van der Waals surface area contributed by atoms with Crippen LogP contribution in [0.4, 0.5) is 4.79 Å². The van der Waals surface area contributed by atoms with Crippen LogP contribution in [0.3, 0.4) is 0 Å². The first-order valence-electron chi connectivity index (χ1n) is 7.66. The summed E-state index contributed by atoms with van der Waals surface area (Å²) in [7, 11) is 0. The third-order valence-electron chi connectivity index (χ3n) is 4.19. The smallest absolute Gasteiger partial charge is 0.409 e. The van der Waals surface area contributed by atoms with Crippen molar-refractivity contribution in [1.29, 1.82) is 0 Å². The van der Waals surface area contributed by atoms with Crippen LogP contribution >= 0.6 is 0 Å². The normalized spacial score (nSPS) is 22.6. The Labute approximate surface area is 125 Å². The molecule has 1 amide bonds. The van der Waals surface area contributed by atoms with Crippen molar-refractivity contribution in [1.82, 2.24) is 9.80 Å². The van der Waals surface area contributed by atoms with Gasteiger partial charge in [-0.3, -0.25) is 4.90 Å². The third kappa shape index (κ3) is 3.67. The molecule has 1 aromatic rings. The number of likely N-dealkylation sites (tertiary alicyclic amines) is 1. The molecule has 114 valence electrons. The number of hydrogen-bond acceptors (Lipinski definition) is 4. The number of para-hydroxylation sites is 1. The van der Waals surface area contributed by atoms with Crippen molar-refractivity contribution in [2.24, 2.45) is 0 Å². The van der Waals surface area contributed by atoms with E-state index in [1.165, 1.54) is 6.42 Å². The summed E-state index contributed by atoms with van der Waals surface area (Å²) in [5.74, 6) is 0.924. The Morgan fingerprint density at radius 2 is 2.05 bits per heavy atom. The fourth-order valence-electron chi connectivity index (χ4n) is 2.97. The van der Waals surface area contributed by atoms with Crippen LogP contribution in [0.5, 0.6) is 5.75 Å². The quantitative estimate of drug-likeness (QED) is 0.803. The molecule has 2 aliphatic rings. The molecular weight excluding hydrogens is 268 g/mol. The number of ether oxygens (including phenoxy) is 2. The summed E-state index contributed by atoms with van der Waals surface area (Å²) in [5.41, 5.74) is 0. The van der Waals surface area contributed by atoms with E-state index in [-0.39, 0.29) is 6.09 Å². The van der Waals surface area contributed by atoms with Gasteiger partial charge < -0.3 is 14.4 Å². The van der Waals surface area contributed by atoms with E-state index in [1.807, 2.05) is 30.3 Å². The second-order valence-electron chi connectivity index (χ2n) is 5.56. The van der Waals surface area contributed by atoms with Gasteiger partial charge in [-0.25, -0.2) is 4.79 Å². The standard InChI is InChI=1S/C16H22N2O3/c19-16-18(11-12-20-16)10-9-17-8-4-5-14(17)13-21-15-6-2-1-3-7-15/h1-3,6-7,14H,4-5,8-13H2/t14-/m1/s1. The van der Waals surface area contributed by atoms with Crippen molar-refractivity contribution in [3.63, 3.8) is 0 Å². The Morgan fingerprint density at radius 3 is 2.81 bits per heavy atom. The van der Waals surface area contributed by atoms with Crippen LogP contribution in [-0.4, -0.2) is 61.3 Å². The van der Waals surface area contributed by atoms with E-state index >= 15 is 0 Å². The number of amides is 1. The molecule has 1 atom stereocenters. The summed E-state index contributed by atoms with van der Waals surface area (Å²) in [5, 5.41) is 0. The van der Waals surface area contributed by atoms with Gasteiger partial charge in [0.25, 0.3) is 0 Å². The maximum absolute atomic E-state index is 11.4. The highest BCUT2D eigenvalue weighted by atomic mass is 16.6. The molecule has 0 aliphatic carbocycles. The Hall–Kier alpha value is -1.75. The summed E-state index contributed by atoms with van der Waals surface area (Å²) in [6.45, 7) is 4.70. The van der Waals surface area contributed by atoms with Gasteiger partial charge >= 0.3 is 6.09 Å². The molecule has 2 aliphatic heterocycles. The molecule has 1 aromatic carbocycles. The van der Waals surface area contributed by atoms with E-state index in [2.05, 4.69) is 4.90 Å². The zero-order valence-corrected chi connectivity index (χ0v) is 12.2. The van der Waals surface area contributed by atoms with Gasteiger partial charge in [0.1, 0.15) is 19.0 Å². The molecule has 0 bridgehead atoms. The molecule has 2 heterocycles. The lowest BCUT2D eigenvalue weighted by Gasteiger charge is -2.26. The molecule has 3 rings (SSSR count). The van der Waals surface area contributed by atoms with Crippen LogP contribution in [0.15, 0.2) is 30.3 Å². The molecule has 5 heteroatoms. The van der Waals surface area contributed by atoms with Crippen LogP contribution in [0.1, 0.15) is 12.8 Å². The lowest BCUT2D eigenvalue weighted by Crippen LogP contribution is -2.40. The summed E-state index contributed by atoms with van der Waals surface area (Å²) < 4.78 is 10.8. The van der Waals surface area contributed by atoms with Gasteiger partial charge in [0.05, 0.1) is 6.54 Å². The maximum Gasteiger partial charge on any atom is 0.409 e. The van der Waals surface area contributed by atoms with Crippen molar-refractivity contribution in [2.45, 2.75) is 18.9 Å². The number of benzene rings is 1. The lowest BCUT2D eigenvalue weighted by atomic mass is 10.2. The van der Waals surface area contributed by atoms with E-state index in [4.69, 9.17) is 9.47 Å². The zero-order chi connectivity index (χ0) is 14.5. The number of cyclic esters (lactones) is 1. The monoisotopic (exact) mass is 290 g/mol. The lowest BCUT2D eigenvalue weighted by molar-refractivity contribution is 0.142. The van der Waals surface area contributed by atoms with E-state index < -0.39 is 0 Å². The second-order valence-corrected chi connectivity index (χ2v) is 5.56. The van der Waals surface area contributed by atoms with Crippen molar-refractivity contribution < 1.29 is 14.3 Å². The van der Waals surface area contributed by atoms with Crippen LogP contribution < -0.4 is 4.74 Å². The number of nitrogens with zero attached hydrogens (tertiary/aromatic N) is 2. The summed E-state index contributed by atoms with van der Waals surface area (Å²) >= 11 is 0. The van der Waals surface area contributed by atoms with Crippen molar-refractivity contribution >= 4 is 6.09 Å². The summed E-state index contributed by atoms with van der Waals surface area (Å²) in [4.78, 5) is 15.6. The molecule has 2 fully saturated rings. The molecule has 0 N–H and O–H groups in total. The first-order valence-corrected chi connectivity index (χ1v) is 7.66. The number of rotatable bonds is 6. The van der Waals surface area contributed by atoms with Crippen LogP contribution in [0, 0.1) is 0 Å². The highest BCUT2D eigenvalue weighted by Crippen LogP contribution is 2.19. The van der Waals surface area contributed by atoms with E-state index in [9.17, 15) is 4.79 Å². The van der Waals surface area contributed by atoms with Gasteiger partial charge in [0, 0.05) is 19.1 Å². The molecule has 21 heavy (non-hydrogen) atoms. The van der Waals surface area contributed by atoms with Crippen molar-refractivity contribution in [2.75, 3.05) is 39.4 Å². The molecule has 0 spiro atoms. The third-order valence-corrected chi connectivity index (χ3v) is 4.19. The predicted octanol–water partition coefficient (Wildman–Crippen LogP) is 1.98. The van der Waals surface area contributed by atoms with Gasteiger partial charge in [0.15, 0.2) is 0 Å². The molecule has 2 saturated heterocycles. The average molecular weight is 290 g/mol. The SMILES string of the molecule is O=C1OCCN1CCN1CCC[C@@H]1COc1ccccc1.